The summed E-state index contributed by atoms with van der Waals surface area (Å²) in [5, 5.41) is 3.21. The van der Waals surface area contributed by atoms with Crippen molar-refractivity contribution in [1.82, 2.24) is 9.97 Å². The van der Waals surface area contributed by atoms with E-state index in [2.05, 4.69) is 26.3 Å². The van der Waals surface area contributed by atoms with Crippen molar-refractivity contribution in [2.45, 2.75) is 12.5 Å². The fourth-order valence-corrected chi connectivity index (χ4v) is 2.70. The Labute approximate surface area is 91.7 Å². The van der Waals surface area contributed by atoms with Gasteiger partial charge in [-0.2, -0.15) is 0 Å². The first-order valence-electron chi connectivity index (χ1n) is 5.05. The van der Waals surface area contributed by atoms with E-state index < -0.39 is 0 Å². The number of anilines is 1. The van der Waals surface area contributed by atoms with Gasteiger partial charge in [0.05, 0.1) is 5.39 Å². The van der Waals surface area contributed by atoms with Crippen molar-refractivity contribution in [3.63, 3.8) is 0 Å². The molecule has 0 aliphatic carbocycles. The Morgan fingerprint density at radius 3 is 3.20 bits per heavy atom. The van der Waals surface area contributed by atoms with Crippen LogP contribution >= 0.6 is 11.3 Å². The molecule has 3 heterocycles. The molecule has 0 saturated carbocycles. The number of nitrogens with zero attached hydrogens (tertiary/aromatic N) is 3. The normalized spacial score (nSPS) is 20.6. The fourth-order valence-electron chi connectivity index (χ4n) is 1.97. The molecule has 78 valence electrons. The molecule has 0 bridgehead atoms. The number of hydrogen-bond donors (Lipinski definition) is 1. The van der Waals surface area contributed by atoms with E-state index in [-0.39, 0.29) is 0 Å². The van der Waals surface area contributed by atoms with Gasteiger partial charge in [-0.25, -0.2) is 9.97 Å². The van der Waals surface area contributed by atoms with Crippen molar-refractivity contribution >= 4 is 27.4 Å². The van der Waals surface area contributed by atoms with Crippen LogP contribution in [0, 0.1) is 0 Å². The molecule has 15 heavy (non-hydrogen) atoms. The van der Waals surface area contributed by atoms with Crippen LogP contribution < -0.4 is 10.6 Å². The Balaban J connectivity index is 2.06. The van der Waals surface area contributed by atoms with E-state index in [1.54, 1.807) is 17.7 Å². The first kappa shape index (κ1) is 9.06. The number of hydrogen-bond acceptors (Lipinski definition) is 5. The number of nitrogens with two attached hydrogens (primary N) is 1. The second kappa shape index (κ2) is 3.43. The highest BCUT2D eigenvalue weighted by atomic mass is 32.1. The van der Waals surface area contributed by atoms with Crippen LogP contribution in [0.5, 0.6) is 0 Å². The van der Waals surface area contributed by atoms with E-state index in [0.717, 1.165) is 22.6 Å². The molecule has 0 aromatic carbocycles. The van der Waals surface area contributed by atoms with Crippen LogP contribution in [0.15, 0.2) is 17.8 Å². The largest absolute Gasteiger partial charge is 0.352 e. The summed E-state index contributed by atoms with van der Waals surface area (Å²) in [6.07, 6.45) is 2.81. The quantitative estimate of drug-likeness (QED) is 0.827. The van der Waals surface area contributed by atoms with Crippen molar-refractivity contribution in [2.75, 3.05) is 18.0 Å². The topological polar surface area (TPSA) is 55.0 Å². The van der Waals surface area contributed by atoms with Crippen LogP contribution in [0.25, 0.3) is 10.2 Å². The molecule has 3 rings (SSSR count). The third kappa shape index (κ3) is 1.31. The Kier molecular flexibility index (Phi) is 2.07. The number of fused-ring (bicyclic) bond motifs is 1. The van der Waals surface area contributed by atoms with Crippen LogP contribution in [0.3, 0.4) is 0 Å². The average Bonchev–Trinajstić information content (AvgIpc) is 2.65. The third-order valence-corrected chi connectivity index (χ3v) is 3.75. The monoisotopic (exact) mass is 220 g/mol. The molecule has 2 aromatic heterocycles. The molecule has 1 fully saturated rings. The van der Waals surface area contributed by atoms with E-state index in [1.165, 1.54) is 6.42 Å². The fraction of sp³-hybridized carbons (Fsp3) is 0.400. The molecule has 1 atom stereocenters. The highest BCUT2D eigenvalue weighted by Gasteiger charge is 2.29. The number of aromatic nitrogens is 2. The lowest BCUT2D eigenvalue weighted by Crippen LogP contribution is -2.52. The van der Waals surface area contributed by atoms with Gasteiger partial charge in [0.1, 0.15) is 17.0 Å². The molecular formula is C10H12N4S. The van der Waals surface area contributed by atoms with Gasteiger partial charge in [-0.15, -0.1) is 11.3 Å². The van der Waals surface area contributed by atoms with Crippen LogP contribution in [0.4, 0.5) is 5.82 Å². The molecule has 2 aromatic rings. The minimum Gasteiger partial charge on any atom is -0.352 e. The molecule has 2 N–H and O–H groups in total. The molecule has 1 aliphatic heterocycles. The van der Waals surface area contributed by atoms with E-state index in [1.807, 2.05) is 0 Å². The van der Waals surface area contributed by atoms with Gasteiger partial charge in [-0.05, 0) is 17.9 Å². The standard InChI is InChI=1S/C10H12N4S/c11-5-7-1-3-14(7)9-8-2-4-15-10(8)13-6-12-9/h2,4,6-7H,1,3,5,11H2. The van der Waals surface area contributed by atoms with Crippen LogP contribution in [-0.2, 0) is 0 Å². The summed E-state index contributed by atoms with van der Waals surface area (Å²) in [6.45, 7) is 1.76. The van der Waals surface area contributed by atoms with Crippen LogP contribution in [-0.4, -0.2) is 29.1 Å². The zero-order chi connectivity index (χ0) is 10.3. The zero-order valence-electron chi connectivity index (χ0n) is 8.26. The van der Waals surface area contributed by atoms with Gasteiger partial charge < -0.3 is 10.6 Å². The predicted molar refractivity (Wildman–Crippen MR) is 62.2 cm³/mol. The van der Waals surface area contributed by atoms with Gasteiger partial charge in [0.2, 0.25) is 0 Å². The minimum atomic E-state index is 0.461. The summed E-state index contributed by atoms with van der Waals surface area (Å²) in [7, 11) is 0. The molecule has 5 heteroatoms. The molecule has 4 nitrogen and oxygen atoms in total. The van der Waals surface area contributed by atoms with E-state index >= 15 is 0 Å². The Hall–Kier alpha value is -1.20. The van der Waals surface area contributed by atoms with Crippen molar-refractivity contribution in [1.29, 1.82) is 0 Å². The second-order valence-electron chi connectivity index (χ2n) is 3.71. The van der Waals surface area contributed by atoms with Crippen LogP contribution in [0.2, 0.25) is 0 Å². The van der Waals surface area contributed by atoms with Gasteiger partial charge in [0.15, 0.2) is 0 Å². The van der Waals surface area contributed by atoms with Crippen molar-refractivity contribution in [2.24, 2.45) is 5.73 Å². The lowest BCUT2D eigenvalue weighted by molar-refractivity contribution is 0.453. The Bertz CT molecular complexity index is 479. The summed E-state index contributed by atoms with van der Waals surface area (Å²) in [4.78, 5) is 11.9. The first-order chi connectivity index (χ1) is 7.40. The Morgan fingerprint density at radius 1 is 1.53 bits per heavy atom. The maximum Gasteiger partial charge on any atom is 0.141 e. The highest BCUT2D eigenvalue weighted by molar-refractivity contribution is 7.16. The van der Waals surface area contributed by atoms with Gasteiger partial charge in [0, 0.05) is 19.1 Å². The maximum absolute atomic E-state index is 5.70. The second-order valence-corrected chi connectivity index (χ2v) is 4.60. The minimum absolute atomic E-state index is 0.461. The van der Waals surface area contributed by atoms with Gasteiger partial charge in [0.25, 0.3) is 0 Å². The smallest absolute Gasteiger partial charge is 0.141 e. The van der Waals surface area contributed by atoms with E-state index in [4.69, 9.17) is 5.73 Å². The first-order valence-corrected chi connectivity index (χ1v) is 5.93. The van der Waals surface area contributed by atoms with Crippen molar-refractivity contribution < 1.29 is 0 Å². The molecule has 1 aliphatic rings. The summed E-state index contributed by atoms with van der Waals surface area (Å²) in [5.74, 6) is 1.04. The highest BCUT2D eigenvalue weighted by Crippen LogP contribution is 2.31. The van der Waals surface area contributed by atoms with E-state index in [0.29, 0.717) is 12.6 Å². The molecule has 0 spiro atoms. The third-order valence-electron chi connectivity index (χ3n) is 2.93. The Morgan fingerprint density at radius 2 is 2.47 bits per heavy atom. The predicted octanol–water partition coefficient (Wildman–Crippen LogP) is 1.23. The lowest BCUT2D eigenvalue weighted by atomic mass is 10.0. The molecule has 1 saturated heterocycles. The van der Waals surface area contributed by atoms with Gasteiger partial charge in [-0.3, -0.25) is 0 Å². The maximum atomic E-state index is 5.70. The molecule has 1 unspecified atom stereocenters. The molecule has 0 radical (unpaired) electrons. The summed E-state index contributed by atoms with van der Waals surface area (Å²) >= 11 is 1.65. The van der Waals surface area contributed by atoms with Crippen molar-refractivity contribution in [3.8, 4) is 0 Å². The van der Waals surface area contributed by atoms with Gasteiger partial charge >= 0.3 is 0 Å². The molecule has 0 amide bonds. The number of thiophene rings is 1. The average molecular weight is 220 g/mol. The van der Waals surface area contributed by atoms with E-state index in [9.17, 15) is 0 Å². The number of rotatable bonds is 2. The SMILES string of the molecule is NCC1CCN1c1ncnc2sccc12. The summed E-state index contributed by atoms with van der Waals surface area (Å²) < 4.78 is 0. The summed E-state index contributed by atoms with van der Waals surface area (Å²) in [5.41, 5.74) is 5.70. The van der Waals surface area contributed by atoms with Crippen molar-refractivity contribution in [3.05, 3.63) is 17.8 Å². The molecular weight excluding hydrogens is 208 g/mol. The zero-order valence-corrected chi connectivity index (χ0v) is 9.07. The lowest BCUT2D eigenvalue weighted by Gasteiger charge is -2.41. The van der Waals surface area contributed by atoms with Crippen LogP contribution in [0.1, 0.15) is 6.42 Å². The van der Waals surface area contributed by atoms with Gasteiger partial charge in [-0.1, -0.05) is 0 Å². The summed E-state index contributed by atoms with van der Waals surface area (Å²) in [6, 6.07) is 2.55.